The van der Waals surface area contributed by atoms with Gasteiger partial charge >= 0.3 is 0 Å². The Morgan fingerprint density at radius 2 is 1.97 bits per heavy atom. The number of nitrogens with one attached hydrogen (secondary N) is 2. The number of rotatable bonds is 7. The summed E-state index contributed by atoms with van der Waals surface area (Å²) in [6.45, 7) is 3.35. The lowest BCUT2D eigenvalue weighted by atomic mass is 10.0. The second-order valence-corrected chi connectivity index (χ2v) is 10.5. The van der Waals surface area contributed by atoms with Gasteiger partial charge in [-0.3, -0.25) is 4.98 Å². The van der Waals surface area contributed by atoms with E-state index in [1.54, 1.807) is 31.6 Å². The highest BCUT2D eigenvalue weighted by molar-refractivity contribution is 7.92. The minimum Gasteiger partial charge on any atom is -0.497 e. The summed E-state index contributed by atoms with van der Waals surface area (Å²) >= 11 is 0. The quantitative estimate of drug-likeness (QED) is 0.403. The number of fused-ring (bicyclic) bond motifs is 1. The smallest absolute Gasteiger partial charge is 0.206 e. The Bertz CT molecular complexity index is 1440. The molecule has 1 unspecified atom stereocenters. The molecule has 182 valence electrons. The minimum absolute atomic E-state index is 0.247. The number of aromatic amines is 1. The molecule has 0 aliphatic carbocycles. The van der Waals surface area contributed by atoms with Crippen LogP contribution in [0.5, 0.6) is 5.75 Å². The van der Waals surface area contributed by atoms with Gasteiger partial charge in [0.25, 0.3) is 0 Å². The van der Waals surface area contributed by atoms with E-state index in [1.165, 1.54) is 0 Å². The molecule has 5 rings (SSSR count). The summed E-state index contributed by atoms with van der Waals surface area (Å²) in [5.41, 5.74) is 4.40. The Labute approximate surface area is 203 Å². The number of H-pyrrole nitrogens is 1. The van der Waals surface area contributed by atoms with Gasteiger partial charge in [0.1, 0.15) is 11.6 Å². The van der Waals surface area contributed by atoms with Gasteiger partial charge in [-0.25, -0.2) is 18.4 Å². The van der Waals surface area contributed by atoms with Gasteiger partial charge in [0.15, 0.2) is 11.1 Å². The van der Waals surface area contributed by atoms with Crippen molar-refractivity contribution in [3.8, 4) is 16.9 Å². The number of ether oxygens (including phenoxy) is 2. The molecule has 1 atom stereocenters. The number of aromatic nitrogens is 4. The van der Waals surface area contributed by atoms with Crippen LogP contribution in [0.4, 0.5) is 0 Å². The fourth-order valence-corrected chi connectivity index (χ4v) is 5.65. The minimum atomic E-state index is -3.57. The summed E-state index contributed by atoms with van der Waals surface area (Å²) in [6, 6.07) is 10.6. The zero-order chi connectivity index (χ0) is 24.4. The first-order chi connectivity index (χ1) is 17.0. The largest absolute Gasteiger partial charge is 0.497 e. The van der Waals surface area contributed by atoms with Crippen LogP contribution in [0.2, 0.25) is 0 Å². The summed E-state index contributed by atoms with van der Waals surface area (Å²) in [5.74, 6) is 1.61. The molecule has 10 heteroatoms. The first-order valence-electron chi connectivity index (χ1n) is 11.5. The van der Waals surface area contributed by atoms with Crippen molar-refractivity contribution in [1.29, 1.82) is 0 Å². The second kappa shape index (κ2) is 9.73. The molecule has 0 bridgehead atoms. The average Bonchev–Trinajstić information content (AvgIpc) is 3.33. The highest BCUT2D eigenvalue weighted by atomic mass is 32.2. The molecule has 0 amide bonds. The number of hydrogen-bond acceptors (Lipinski definition) is 8. The van der Waals surface area contributed by atoms with Crippen LogP contribution in [0.25, 0.3) is 22.3 Å². The third-order valence-corrected chi connectivity index (χ3v) is 8.13. The van der Waals surface area contributed by atoms with E-state index in [0.717, 1.165) is 45.9 Å². The van der Waals surface area contributed by atoms with Gasteiger partial charge in [0, 0.05) is 49.2 Å². The number of morpholine rings is 1. The molecule has 35 heavy (non-hydrogen) atoms. The standard InChI is InChI=1S/C25H27N5O4S/c1-16-21(17-3-6-20(7-4-17)35(31,32)23-15-26-11-12-34-23)14-28-25-24(16)29-22(30-25)8-5-18-13-19(33-2)9-10-27-18/h3-4,6-7,9-10,13-14,23,26H,5,8,11-12,15H2,1-2H3,(H,28,29,30). The molecule has 2 N–H and O–H groups in total. The van der Waals surface area contributed by atoms with Gasteiger partial charge < -0.3 is 19.8 Å². The van der Waals surface area contributed by atoms with E-state index in [2.05, 4.69) is 25.3 Å². The van der Waals surface area contributed by atoms with Crippen LogP contribution in [0.15, 0.2) is 53.7 Å². The Hall–Kier alpha value is -3.34. The molecule has 4 aromatic rings. The van der Waals surface area contributed by atoms with Crippen molar-refractivity contribution in [3.63, 3.8) is 0 Å². The number of pyridine rings is 2. The fraction of sp³-hybridized carbons (Fsp3) is 0.320. The van der Waals surface area contributed by atoms with Gasteiger partial charge in [-0.2, -0.15) is 0 Å². The van der Waals surface area contributed by atoms with Crippen molar-refractivity contribution in [2.24, 2.45) is 0 Å². The van der Waals surface area contributed by atoms with Crippen LogP contribution < -0.4 is 10.1 Å². The Kier molecular flexibility index (Phi) is 6.50. The highest BCUT2D eigenvalue weighted by Gasteiger charge is 2.30. The van der Waals surface area contributed by atoms with E-state index < -0.39 is 15.3 Å². The predicted molar refractivity (Wildman–Crippen MR) is 132 cm³/mol. The zero-order valence-corrected chi connectivity index (χ0v) is 20.4. The molecule has 0 radical (unpaired) electrons. The third-order valence-electron chi connectivity index (χ3n) is 6.20. The van der Waals surface area contributed by atoms with E-state index in [1.807, 2.05) is 31.2 Å². The summed E-state index contributed by atoms with van der Waals surface area (Å²) in [6.07, 6.45) is 4.93. The fourth-order valence-electron chi connectivity index (χ4n) is 4.22. The van der Waals surface area contributed by atoms with Crippen LogP contribution >= 0.6 is 0 Å². The van der Waals surface area contributed by atoms with Crippen molar-refractivity contribution in [3.05, 3.63) is 65.9 Å². The van der Waals surface area contributed by atoms with Crippen molar-refractivity contribution >= 4 is 21.0 Å². The molecule has 1 saturated heterocycles. The number of methoxy groups -OCH3 is 1. The SMILES string of the molecule is COc1ccnc(CCc2nc3ncc(-c4ccc(S(=O)(=O)C5CNCCO5)cc4)c(C)c3[nH]2)c1. The lowest BCUT2D eigenvalue weighted by Gasteiger charge is -2.23. The number of aryl methyl sites for hydroxylation is 3. The predicted octanol–water partition coefficient (Wildman–Crippen LogP) is 2.84. The normalized spacial score (nSPS) is 16.5. The van der Waals surface area contributed by atoms with E-state index in [0.29, 0.717) is 31.8 Å². The van der Waals surface area contributed by atoms with Crippen LogP contribution in [0, 0.1) is 6.92 Å². The number of hydrogen-bond donors (Lipinski definition) is 2. The molecule has 9 nitrogen and oxygen atoms in total. The topological polar surface area (TPSA) is 119 Å². The molecule has 0 spiro atoms. The van der Waals surface area contributed by atoms with E-state index in [-0.39, 0.29) is 4.90 Å². The van der Waals surface area contributed by atoms with Gasteiger partial charge in [0.05, 0.1) is 24.1 Å². The maximum atomic E-state index is 12.9. The Morgan fingerprint density at radius 1 is 1.14 bits per heavy atom. The highest BCUT2D eigenvalue weighted by Crippen LogP contribution is 2.29. The van der Waals surface area contributed by atoms with Crippen LogP contribution in [-0.2, 0) is 27.4 Å². The molecule has 1 aromatic carbocycles. The van der Waals surface area contributed by atoms with Gasteiger partial charge in [-0.15, -0.1) is 0 Å². The van der Waals surface area contributed by atoms with Crippen LogP contribution in [0.1, 0.15) is 17.1 Å². The van der Waals surface area contributed by atoms with E-state index in [9.17, 15) is 8.42 Å². The van der Waals surface area contributed by atoms with Gasteiger partial charge in [0.2, 0.25) is 9.84 Å². The summed E-state index contributed by atoms with van der Waals surface area (Å²) < 4.78 is 36.5. The summed E-state index contributed by atoms with van der Waals surface area (Å²) in [5, 5.41) is 3.07. The molecular weight excluding hydrogens is 466 g/mol. The van der Waals surface area contributed by atoms with Crippen LogP contribution in [0.3, 0.4) is 0 Å². The Balaban J connectivity index is 1.36. The number of sulfone groups is 1. The molecule has 1 fully saturated rings. The van der Waals surface area contributed by atoms with Gasteiger partial charge in [-0.1, -0.05) is 12.1 Å². The summed E-state index contributed by atoms with van der Waals surface area (Å²) in [4.78, 5) is 17.2. The first kappa shape index (κ1) is 23.4. The lowest BCUT2D eigenvalue weighted by Crippen LogP contribution is -2.42. The average molecular weight is 494 g/mol. The van der Waals surface area contributed by atoms with Crippen molar-refractivity contribution in [2.75, 3.05) is 26.8 Å². The van der Waals surface area contributed by atoms with E-state index in [4.69, 9.17) is 9.47 Å². The molecule has 1 aliphatic rings. The monoisotopic (exact) mass is 493 g/mol. The number of imidazole rings is 1. The molecule has 0 saturated carbocycles. The lowest BCUT2D eigenvalue weighted by molar-refractivity contribution is 0.0785. The van der Waals surface area contributed by atoms with Crippen molar-refractivity contribution < 1.29 is 17.9 Å². The summed E-state index contributed by atoms with van der Waals surface area (Å²) in [7, 11) is -1.93. The van der Waals surface area contributed by atoms with Crippen LogP contribution in [-0.4, -0.2) is 60.6 Å². The molecule has 4 heterocycles. The first-order valence-corrected chi connectivity index (χ1v) is 13.0. The zero-order valence-electron chi connectivity index (χ0n) is 19.6. The van der Waals surface area contributed by atoms with Gasteiger partial charge in [-0.05, 0) is 42.7 Å². The van der Waals surface area contributed by atoms with Crippen molar-refractivity contribution in [1.82, 2.24) is 25.3 Å². The maximum absolute atomic E-state index is 12.9. The van der Waals surface area contributed by atoms with Crippen molar-refractivity contribution in [2.45, 2.75) is 30.1 Å². The Morgan fingerprint density at radius 3 is 2.71 bits per heavy atom. The molecule has 3 aromatic heterocycles. The maximum Gasteiger partial charge on any atom is 0.206 e. The van der Waals surface area contributed by atoms with E-state index >= 15 is 0 Å². The number of benzene rings is 1. The number of nitrogens with zero attached hydrogens (tertiary/aromatic N) is 3. The third kappa shape index (κ3) is 4.77. The second-order valence-electron chi connectivity index (χ2n) is 8.44. The molecular formula is C25H27N5O4S. The molecule has 1 aliphatic heterocycles.